The highest BCUT2D eigenvalue weighted by Gasteiger charge is 2.10. The molecule has 1 N–H and O–H groups in total. The number of rotatable bonds is 7. The zero-order chi connectivity index (χ0) is 22.2. The van der Waals surface area contributed by atoms with Crippen molar-refractivity contribution in [3.63, 3.8) is 0 Å². The highest BCUT2D eigenvalue weighted by Crippen LogP contribution is 2.25. The Hall–Kier alpha value is -4.44. The van der Waals surface area contributed by atoms with E-state index < -0.39 is 4.92 Å². The van der Waals surface area contributed by atoms with Crippen molar-refractivity contribution in [3.05, 3.63) is 99.6 Å². The van der Waals surface area contributed by atoms with Gasteiger partial charge in [0.2, 0.25) is 0 Å². The number of non-ortho nitro benzene ring substituents is 1. The maximum absolute atomic E-state index is 12.2. The third-order valence-electron chi connectivity index (χ3n) is 4.42. The first kappa shape index (κ1) is 21.3. The van der Waals surface area contributed by atoms with E-state index in [4.69, 9.17) is 4.74 Å². The number of nitrogens with one attached hydrogen (secondary N) is 1. The summed E-state index contributed by atoms with van der Waals surface area (Å²) in [5.74, 6) is 0.134. The molecule has 3 aromatic rings. The minimum absolute atomic E-state index is 0.0515. The third kappa shape index (κ3) is 5.78. The zero-order valence-electron chi connectivity index (χ0n) is 16.7. The van der Waals surface area contributed by atoms with Crippen LogP contribution in [0.25, 0.3) is 11.6 Å². The lowest BCUT2D eigenvalue weighted by molar-refractivity contribution is -0.384. The highest BCUT2D eigenvalue weighted by molar-refractivity contribution is 5.92. The number of nitriles is 1. The number of para-hydroxylation sites is 1. The number of nitro benzene ring substituents is 1. The predicted molar refractivity (Wildman–Crippen MR) is 118 cm³/mol. The van der Waals surface area contributed by atoms with E-state index in [1.165, 1.54) is 24.3 Å². The van der Waals surface area contributed by atoms with Crippen molar-refractivity contribution in [1.29, 1.82) is 5.26 Å². The van der Waals surface area contributed by atoms with Crippen LogP contribution in [-0.2, 0) is 4.79 Å². The summed E-state index contributed by atoms with van der Waals surface area (Å²) in [6.07, 6.45) is 1.62. The number of carbonyl (C=O) groups is 1. The van der Waals surface area contributed by atoms with E-state index in [0.717, 1.165) is 5.56 Å². The van der Waals surface area contributed by atoms with Gasteiger partial charge in [-0.1, -0.05) is 35.9 Å². The molecule has 0 heterocycles. The molecule has 3 aromatic carbocycles. The highest BCUT2D eigenvalue weighted by atomic mass is 16.6. The molecule has 0 spiro atoms. The van der Waals surface area contributed by atoms with E-state index in [-0.39, 0.29) is 18.2 Å². The van der Waals surface area contributed by atoms with Crippen LogP contribution in [0.3, 0.4) is 0 Å². The molecule has 154 valence electrons. The molecule has 0 fully saturated rings. The monoisotopic (exact) mass is 413 g/mol. The molecule has 0 aliphatic carbocycles. The van der Waals surface area contributed by atoms with E-state index in [1.54, 1.807) is 30.3 Å². The molecule has 0 aromatic heterocycles. The first-order chi connectivity index (χ1) is 15.0. The average Bonchev–Trinajstić information content (AvgIpc) is 2.78. The number of allylic oxidation sites excluding steroid dienone is 1. The number of hydrogen-bond acceptors (Lipinski definition) is 5. The molecule has 0 atom stereocenters. The van der Waals surface area contributed by atoms with E-state index in [9.17, 15) is 20.2 Å². The van der Waals surface area contributed by atoms with Crippen LogP contribution in [0.15, 0.2) is 72.8 Å². The Morgan fingerprint density at radius 2 is 1.77 bits per heavy atom. The zero-order valence-corrected chi connectivity index (χ0v) is 16.7. The van der Waals surface area contributed by atoms with Crippen molar-refractivity contribution in [3.8, 4) is 11.8 Å². The number of ether oxygens (including phenoxy) is 1. The molecule has 0 aliphatic heterocycles. The molecule has 0 unspecified atom stereocenters. The van der Waals surface area contributed by atoms with Crippen LogP contribution >= 0.6 is 0 Å². The molecule has 0 saturated carbocycles. The van der Waals surface area contributed by atoms with E-state index >= 15 is 0 Å². The summed E-state index contributed by atoms with van der Waals surface area (Å²) in [5.41, 5.74) is 3.19. The van der Waals surface area contributed by atoms with Crippen LogP contribution in [0.2, 0.25) is 0 Å². The van der Waals surface area contributed by atoms with Gasteiger partial charge in [0.15, 0.2) is 6.61 Å². The van der Waals surface area contributed by atoms with Gasteiger partial charge in [0.05, 0.1) is 16.6 Å². The summed E-state index contributed by atoms with van der Waals surface area (Å²) >= 11 is 0. The number of carbonyl (C=O) groups excluding carboxylic acids is 1. The molecule has 31 heavy (non-hydrogen) atoms. The maximum atomic E-state index is 12.2. The van der Waals surface area contributed by atoms with Gasteiger partial charge in [0.1, 0.15) is 5.75 Å². The Balaban J connectivity index is 1.74. The molecule has 3 rings (SSSR count). The van der Waals surface area contributed by atoms with Crippen molar-refractivity contribution in [1.82, 2.24) is 0 Å². The van der Waals surface area contributed by atoms with Crippen molar-refractivity contribution in [2.45, 2.75) is 6.92 Å². The number of anilines is 1. The van der Waals surface area contributed by atoms with E-state index in [2.05, 4.69) is 11.4 Å². The van der Waals surface area contributed by atoms with Gasteiger partial charge in [0.25, 0.3) is 11.6 Å². The third-order valence-corrected chi connectivity index (χ3v) is 4.42. The molecule has 7 nitrogen and oxygen atoms in total. The Bertz CT molecular complexity index is 1160. The minimum Gasteiger partial charge on any atom is -0.483 e. The van der Waals surface area contributed by atoms with Gasteiger partial charge in [-0.15, -0.1) is 0 Å². The van der Waals surface area contributed by atoms with Crippen LogP contribution < -0.4 is 10.1 Å². The minimum atomic E-state index is -0.496. The molecular weight excluding hydrogens is 394 g/mol. The lowest BCUT2D eigenvalue weighted by atomic mass is 10.0. The molecular formula is C24H19N3O4. The average molecular weight is 413 g/mol. The van der Waals surface area contributed by atoms with Crippen molar-refractivity contribution < 1.29 is 14.5 Å². The normalized spacial score (nSPS) is 10.8. The fraction of sp³-hybridized carbons (Fsp3) is 0.0833. The SMILES string of the molecule is Cc1ccc(NC(=O)COc2ccccc2C=C(C#N)c2ccc([N+](=O)[O-])cc2)cc1. The topological polar surface area (TPSA) is 105 Å². The van der Waals surface area contributed by atoms with Crippen molar-refractivity contribution in [2.75, 3.05) is 11.9 Å². The van der Waals surface area contributed by atoms with Gasteiger partial charge in [-0.05, 0) is 48.9 Å². The number of amides is 1. The van der Waals surface area contributed by atoms with Gasteiger partial charge in [-0.3, -0.25) is 14.9 Å². The van der Waals surface area contributed by atoms with Gasteiger partial charge < -0.3 is 10.1 Å². The second-order valence-electron chi connectivity index (χ2n) is 6.71. The number of nitro groups is 1. The van der Waals surface area contributed by atoms with Crippen LogP contribution in [-0.4, -0.2) is 17.4 Å². The fourth-order valence-corrected chi connectivity index (χ4v) is 2.81. The Labute approximate surface area is 179 Å². The number of hydrogen-bond donors (Lipinski definition) is 1. The number of benzene rings is 3. The number of aryl methyl sites for hydroxylation is 1. The lowest BCUT2D eigenvalue weighted by Gasteiger charge is -2.10. The van der Waals surface area contributed by atoms with Crippen LogP contribution in [0, 0.1) is 28.4 Å². The predicted octanol–water partition coefficient (Wildman–Crippen LogP) is 4.98. The van der Waals surface area contributed by atoms with Crippen LogP contribution in [0.5, 0.6) is 5.75 Å². The lowest BCUT2D eigenvalue weighted by Crippen LogP contribution is -2.20. The Kier molecular flexibility index (Phi) is 6.76. The standard InChI is InChI=1S/C24H19N3O4/c1-17-6-10-21(11-7-17)26-24(28)16-31-23-5-3-2-4-19(23)14-20(15-25)18-8-12-22(13-9-18)27(29)30/h2-14H,16H2,1H3,(H,26,28). The van der Waals surface area contributed by atoms with Crippen molar-refractivity contribution >= 4 is 28.9 Å². The van der Waals surface area contributed by atoms with Crippen LogP contribution in [0.1, 0.15) is 16.7 Å². The number of nitrogens with zero attached hydrogens (tertiary/aromatic N) is 2. The Morgan fingerprint density at radius 3 is 2.42 bits per heavy atom. The van der Waals surface area contributed by atoms with Gasteiger partial charge in [-0.2, -0.15) is 5.26 Å². The smallest absolute Gasteiger partial charge is 0.269 e. The quantitative estimate of drug-likeness (QED) is 0.254. The summed E-state index contributed by atoms with van der Waals surface area (Å²) in [4.78, 5) is 22.5. The molecule has 7 heteroatoms. The summed E-state index contributed by atoms with van der Waals surface area (Å²) in [6, 6.07) is 22.3. The molecule has 0 bridgehead atoms. The Morgan fingerprint density at radius 1 is 1.10 bits per heavy atom. The fourth-order valence-electron chi connectivity index (χ4n) is 2.81. The molecule has 0 radical (unpaired) electrons. The summed E-state index contributed by atoms with van der Waals surface area (Å²) in [5, 5.41) is 23.1. The van der Waals surface area contributed by atoms with Gasteiger partial charge >= 0.3 is 0 Å². The van der Waals surface area contributed by atoms with Crippen LogP contribution in [0.4, 0.5) is 11.4 Å². The van der Waals surface area contributed by atoms with Gasteiger partial charge in [0, 0.05) is 23.4 Å². The second kappa shape index (κ2) is 9.85. The summed E-state index contributed by atoms with van der Waals surface area (Å²) in [7, 11) is 0. The largest absolute Gasteiger partial charge is 0.483 e. The van der Waals surface area contributed by atoms with E-state index in [0.29, 0.717) is 28.1 Å². The summed E-state index contributed by atoms with van der Waals surface area (Å²) in [6.45, 7) is 1.77. The van der Waals surface area contributed by atoms with Gasteiger partial charge in [-0.25, -0.2) is 0 Å². The molecule has 0 aliphatic rings. The molecule has 1 amide bonds. The molecule has 0 saturated heterocycles. The second-order valence-corrected chi connectivity index (χ2v) is 6.71. The first-order valence-corrected chi connectivity index (χ1v) is 9.41. The van der Waals surface area contributed by atoms with Crippen molar-refractivity contribution in [2.24, 2.45) is 0 Å². The van der Waals surface area contributed by atoms with E-state index in [1.807, 2.05) is 31.2 Å². The summed E-state index contributed by atoms with van der Waals surface area (Å²) < 4.78 is 5.67. The first-order valence-electron chi connectivity index (χ1n) is 9.41. The maximum Gasteiger partial charge on any atom is 0.269 e.